The highest BCUT2D eigenvalue weighted by Crippen LogP contribution is 2.53. The molecule has 0 saturated heterocycles. The molecule has 6 heterocycles. The van der Waals surface area contributed by atoms with Gasteiger partial charge in [-0.25, -0.2) is 0 Å². The number of hydrogen-bond acceptors (Lipinski definition) is 6. The monoisotopic (exact) mass is 730 g/mol. The van der Waals surface area contributed by atoms with Crippen LogP contribution < -0.4 is 5.46 Å². The Morgan fingerprint density at radius 2 is 1.14 bits per heavy atom. The molecular weight excluding hydrogens is 719 g/mol. The largest absolute Gasteiger partial charge is 0.261 e. The minimum Gasteiger partial charge on any atom is -0.261 e. The van der Waals surface area contributed by atoms with Gasteiger partial charge in [0.1, 0.15) is 7.85 Å². The fourth-order valence-electron chi connectivity index (χ4n) is 4.61. The van der Waals surface area contributed by atoms with Crippen molar-refractivity contribution >= 4 is 145 Å². The lowest BCUT2D eigenvalue weighted by molar-refractivity contribution is 1.20. The fraction of sp³-hybridized carbons (Fsp3) is 0.0769. The molecule has 0 atom stereocenters. The highest BCUT2D eigenvalue weighted by Gasteiger charge is 2.22. The summed E-state index contributed by atoms with van der Waals surface area (Å²) in [5.74, 6) is 0. The number of nitrogens with zero attached hydrogens (tertiary/aromatic N) is 2. The van der Waals surface area contributed by atoms with E-state index in [-0.39, 0.29) is 0 Å². The summed E-state index contributed by atoms with van der Waals surface area (Å²) in [4.78, 5) is 11.6. The number of fused-ring (bicyclic) bond motifs is 6. The molecule has 0 fully saturated rings. The van der Waals surface area contributed by atoms with Gasteiger partial charge in [0.2, 0.25) is 0 Å². The minimum absolute atomic E-state index is 1.01. The summed E-state index contributed by atoms with van der Waals surface area (Å²) in [6.45, 7) is 4.06. The Morgan fingerprint density at radius 1 is 0.639 bits per heavy atom. The zero-order valence-corrected chi connectivity index (χ0v) is 27.1. The van der Waals surface area contributed by atoms with E-state index in [0.29, 0.717) is 0 Å². The van der Waals surface area contributed by atoms with Crippen molar-refractivity contribution in [2.75, 3.05) is 0 Å². The van der Waals surface area contributed by atoms with Crippen LogP contribution in [0.2, 0.25) is 0 Å². The Labute approximate surface area is 249 Å². The standard InChI is InChI=1S/C26H14BBr3N2S4/c1-9-3-15(27)13(7-31-9)21-19(29)25-23(35-21)11-5-18-12(6-17(11)33-25)24-26(34-18)20(30)22(36-24)14-8-32-10(2)4-16(14)28/h3-8H,27H2,1-2H3. The van der Waals surface area contributed by atoms with Gasteiger partial charge in [-0.2, -0.15) is 0 Å². The summed E-state index contributed by atoms with van der Waals surface area (Å²) in [6.07, 6.45) is 3.98. The van der Waals surface area contributed by atoms with Gasteiger partial charge in [0.05, 0.1) is 37.5 Å². The van der Waals surface area contributed by atoms with Gasteiger partial charge in [0.25, 0.3) is 0 Å². The predicted molar refractivity (Wildman–Crippen MR) is 175 cm³/mol. The molecular formula is C26H14BBr3N2S4. The average molecular weight is 733 g/mol. The van der Waals surface area contributed by atoms with Gasteiger partial charge in [0.15, 0.2) is 0 Å². The molecule has 176 valence electrons. The van der Waals surface area contributed by atoms with Crippen molar-refractivity contribution in [1.82, 2.24) is 9.97 Å². The lowest BCUT2D eigenvalue weighted by Gasteiger charge is -2.05. The number of halogens is 3. The van der Waals surface area contributed by atoms with Crippen LogP contribution in [0.1, 0.15) is 11.4 Å². The molecule has 0 amide bonds. The number of aryl methyl sites for hydroxylation is 2. The molecule has 1 aromatic carbocycles. The van der Waals surface area contributed by atoms with Gasteiger partial charge in [-0.15, -0.1) is 45.3 Å². The van der Waals surface area contributed by atoms with Crippen molar-refractivity contribution in [3.63, 3.8) is 0 Å². The van der Waals surface area contributed by atoms with Crippen LogP contribution in [0, 0.1) is 13.8 Å². The molecule has 6 aromatic heterocycles. The molecule has 0 aliphatic carbocycles. The molecule has 10 heteroatoms. The van der Waals surface area contributed by atoms with E-state index in [0.717, 1.165) is 25.9 Å². The van der Waals surface area contributed by atoms with Gasteiger partial charge in [0, 0.05) is 59.6 Å². The molecule has 0 aliphatic heterocycles. The lowest BCUT2D eigenvalue weighted by atomic mass is 9.91. The van der Waals surface area contributed by atoms with E-state index < -0.39 is 0 Å². The molecule has 0 spiro atoms. The normalized spacial score (nSPS) is 12.1. The SMILES string of the molecule is Bc1cc(C)ncc1-c1sc2c(sc3cc4c(cc32)sc2c(Br)c(-c3cnc(C)cc3Br)sc24)c1Br. The van der Waals surface area contributed by atoms with Gasteiger partial charge < -0.3 is 0 Å². The molecule has 0 bridgehead atoms. The van der Waals surface area contributed by atoms with Gasteiger partial charge in [-0.1, -0.05) is 21.4 Å². The van der Waals surface area contributed by atoms with Crippen LogP contribution in [0.3, 0.4) is 0 Å². The van der Waals surface area contributed by atoms with E-state index in [4.69, 9.17) is 0 Å². The Bertz CT molecular complexity index is 1890. The highest BCUT2D eigenvalue weighted by atomic mass is 79.9. The molecule has 0 N–H and O–H groups in total. The second-order valence-electron chi connectivity index (χ2n) is 8.80. The van der Waals surface area contributed by atoms with E-state index in [1.54, 1.807) is 0 Å². The number of pyridine rings is 2. The van der Waals surface area contributed by atoms with E-state index >= 15 is 0 Å². The maximum atomic E-state index is 4.56. The number of rotatable bonds is 2. The second-order valence-corrected chi connectivity index (χ2v) is 15.4. The molecule has 2 nitrogen and oxygen atoms in total. The third-order valence-corrected chi connectivity index (χ3v) is 14.7. The Balaban J connectivity index is 1.43. The summed E-state index contributed by atoms with van der Waals surface area (Å²) >= 11 is 19.0. The average Bonchev–Trinajstić information content (AvgIpc) is 3.54. The van der Waals surface area contributed by atoms with Gasteiger partial charge in [-0.05, 0) is 70.0 Å². The number of thiophene rings is 4. The molecule has 0 unspecified atom stereocenters. The van der Waals surface area contributed by atoms with E-state index in [1.165, 1.54) is 64.2 Å². The third kappa shape index (κ3) is 3.56. The third-order valence-electron chi connectivity index (χ3n) is 6.34. The second kappa shape index (κ2) is 8.69. The van der Waals surface area contributed by atoms with Crippen LogP contribution in [0.5, 0.6) is 0 Å². The molecule has 0 aliphatic rings. The summed E-state index contributed by atoms with van der Waals surface area (Å²) in [6, 6.07) is 9.02. The Morgan fingerprint density at radius 3 is 1.67 bits per heavy atom. The van der Waals surface area contributed by atoms with Crippen molar-refractivity contribution in [2.45, 2.75) is 13.8 Å². The molecule has 0 radical (unpaired) electrons. The van der Waals surface area contributed by atoms with Crippen molar-refractivity contribution in [1.29, 1.82) is 0 Å². The number of hydrogen-bond donors (Lipinski definition) is 0. The zero-order chi connectivity index (χ0) is 24.9. The smallest absolute Gasteiger partial charge is 0.140 e. The number of benzene rings is 1. The van der Waals surface area contributed by atoms with Crippen molar-refractivity contribution in [2.24, 2.45) is 0 Å². The Hall–Kier alpha value is -1.14. The first-order valence-electron chi connectivity index (χ1n) is 11.1. The minimum atomic E-state index is 1.01. The van der Waals surface area contributed by atoms with Crippen LogP contribution in [0.4, 0.5) is 0 Å². The van der Waals surface area contributed by atoms with Gasteiger partial charge in [-0.3, -0.25) is 9.97 Å². The molecule has 7 aromatic rings. The summed E-state index contributed by atoms with van der Waals surface area (Å²) in [7, 11) is 2.17. The summed E-state index contributed by atoms with van der Waals surface area (Å²) < 4.78 is 11.4. The molecule has 0 saturated carbocycles. The van der Waals surface area contributed by atoms with Crippen LogP contribution >= 0.6 is 93.1 Å². The summed E-state index contributed by atoms with van der Waals surface area (Å²) in [5.41, 5.74) is 5.66. The quantitative estimate of drug-likeness (QED) is 0.166. The summed E-state index contributed by atoms with van der Waals surface area (Å²) in [5, 5.41) is 2.67. The maximum absolute atomic E-state index is 4.56. The van der Waals surface area contributed by atoms with Crippen LogP contribution in [0.15, 0.2) is 50.1 Å². The lowest BCUT2D eigenvalue weighted by Crippen LogP contribution is -2.07. The predicted octanol–water partition coefficient (Wildman–Crippen LogP) is 9.83. The first-order valence-corrected chi connectivity index (χ1v) is 16.7. The topological polar surface area (TPSA) is 25.8 Å². The fourth-order valence-corrected chi connectivity index (χ4v) is 12.6. The molecule has 36 heavy (non-hydrogen) atoms. The maximum Gasteiger partial charge on any atom is 0.140 e. The van der Waals surface area contributed by atoms with Crippen molar-refractivity contribution in [3.8, 4) is 20.9 Å². The van der Waals surface area contributed by atoms with E-state index in [9.17, 15) is 0 Å². The first kappa shape index (κ1) is 23.9. The zero-order valence-electron chi connectivity index (χ0n) is 19.1. The van der Waals surface area contributed by atoms with Crippen LogP contribution in [-0.2, 0) is 0 Å². The van der Waals surface area contributed by atoms with Crippen molar-refractivity contribution in [3.05, 3.63) is 61.5 Å². The van der Waals surface area contributed by atoms with Crippen molar-refractivity contribution < 1.29 is 0 Å². The Kier molecular flexibility index (Phi) is 5.78. The van der Waals surface area contributed by atoms with E-state index in [2.05, 4.69) is 89.9 Å². The van der Waals surface area contributed by atoms with Crippen LogP contribution in [0.25, 0.3) is 59.9 Å². The van der Waals surface area contributed by atoms with Crippen LogP contribution in [-0.4, -0.2) is 17.8 Å². The molecule has 7 rings (SSSR count). The first-order chi connectivity index (χ1) is 17.3. The van der Waals surface area contributed by atoms with E-state index in [1.807, 2.05) is 71.6 Å². The van der Waals surface area contributed by atoms with Gasteiger partial charge >= 0.3 is 0 Å². The number of aromatic nitrogens is 2. The highest BCUT2D eigenvalue weighted by molar-refractivity contribution is 9.11.